The Labute approximate surface area is 65.6 Å². The lowest BCUT2D eigenvalue weighted by atomic mass is 10.0. The van der Waals surface area contributed by atoms with Gasteiger partial charge in [0.15, 0.2) is 0 Å². The standard InChI is InChI=1S/C8H11NS/c1-6-2-3-8-7(4-6)9-5-10-8/h3-4,6,9H,2,5H2,1H3. The van der Waals surface area contributed by atoms with Crippen LogP contribution in [-0.4, -0.2) is 5.88 Å². The van der Waals surface area contributed by atoms with E-state index < -0.39 is 0 Å². The van der Waals surface area contributed by atoms with Crippen LogP contribution in [0, 0.1) is 5.92 Å². The first kappa shape index (κ1) is 6.35. The van der Waals surface area contributed by atoms with Gasteiger partial charge in [-0.3, -0.25) is 0 Å². The number of thioether (sulfide) groups is 1. The molecule has 1 nitrogen and oxygen atoms in total. The van der Waals surface area contributed by atoms with Crippen molar-refractivity contribution in [3.63, 3.8) is 0 Å². The van der Waals surface area contributed by atoms with Crippen LogP contribution in [0.3, 0.4) is 0 Å². The fraction of sp³-hybridized carbons (Fsp3) is 0.500. The molecule has 1 aliphatic carbocycles. The summed E-state index contributed by atoms with van der Waals surface area (Å²) in [6.07, 6.45) is 5.88. The second kappa shape index (κ2) is 2.35. The van der Waals surface area contributed by atoms with Crippen molar-refractivity contribution >= 4 is 11.8 Å². The monoisotopic (exact) mass is 153 g/mol. The molecule has 2 heteroatoms. The number of hydrogen-bond donors (Lipinski definition) is 1. The largest absolute Gasteiger partial charge is 0.375 e. The van der Waals surface area contributed by atoms with Crippen molar-refractivity contribution in [3.8, 4) is 0 Å². The topological polar surface area (TPSA) is 12.0 Å². The highest BCUT2D eigenvalue weighted by Crippen LogP contribution is 2.33. The molecule has 2 rings (SSSR count). The minimum Gasteiger partial charge on any atom is -0.375 e. The zero-order valence-corrected chi connectivity index (χ0v) is 6.87. The number of hydrogen-bond acceptors (Lipinski definition) is 2. The van der Waals surface area contributed by atoms with E-state index in [9.17, 15) is 0 Å². The van der Waals surface area contributed by atoms with Crippen LogP contribution in [0.25, 0.3) is 0 Å². The number of allylic oxidation sites excluding steroid dienone is 2. The summed E-state index contributed by atoms with van der Waals surface area (Å²) in [5.41, 5.74) is 1.36. The molecule has 1 N–H and O–H groups in total. The Hall–Kier alpha value is -0.370. The summed E-state index contributed by atoms with van der Waals surface area (Å²) < 4.78 is 0. The lowest BCUT2D eigenvalue weighted by Crippen LogP contribution is -2.07. The van der Waals surface area contributed by atoms with Gasteiger partial charge in [-0.25, -0.2) is 0 Å². The molecule has 54 valence electrons. The highest BCUT2D eigenvalue weighted by molar-refractivity contribution is 8.03. The van der Waals surface area contributed by atoms with Gasteiger partial charge in [0.2, 0.25) is 0 Å². The molecule has 0 aromatic heterocycles. The maximum atomic E-state index is 3.34. The summed E-state index contributed by atoms with van der Waals surface area (Å²) >= 11 is 1.91. The van der Waals surface area contributed by atoms with Crippen LogP contribution in [0.5, 0.6) is 0 Å². The molecule has 1 saturated heterocycles. The molecule has 0 amide bonds. The summed E-state index contributed by atoms with van der Waals surface area (Å²) in [6, 6.07) is 0. The van der Waals surface area contributed by atoms with E-state index in [1.807, 2.05) is 11.8 Å². The third-order valence-corrected chi connectivity index (χ3v) is 2.87. The van der Waals surface area contributed by atoms with Crippen LogP contribution >= 0.6 is 11.8 Å². The molecule has 1 aliphatic heterocycles. The van der Waals surface area contributed by atoms with E-state index in [-0.39, 0.29) is 0 Å². The van der Waals surface area contributed by atoms with E-state index in [1.54, 1.807) is 0 Å². The highest BCUT2D eigenvalue weighted by Gasteiger charge is 2.17. The van der Waals surface area contributed by atoms with Gasteiger partial charge in [0.05, 0.1) is 5.88 Å². The van der Waals surface area contributed by atoms with Crippen LogP contribution in [0.15, 0.2) is 22.8 Å². The average Bonchev–Trinajstić information content (AvgIpc) is 2.33. The molecule has 1 fully saturated rings. The Balaban J connectivity index is 2.27. The number of nitrogens with one attached hydrogen (secondary N) is 1. The average molecular weight is 153 g/mol. The van der Waals surface area contributed by atoms with E-state index in [0.29, 0.717) is 0 Å². The van der Waals surface area contributed by atoms with Crippen molar-refractivity contribution in [2.45, 2.75) is 13.3 Å². The van der Waals surface area contributed by atoms with E-state index in [1.165, 1.54) is 17.0 Å². The van der Waals surface area contributed by atoms with Gasteiger partial charge in [-0.2, -0.15) is 0 Å². The van der Waals surface area contributed by atoms with Crippen molar-refractivity contribution in [1.29, 1.82) is 0 Å². The van der Waals surface area contributed by atoms with Crippen molar-refractivity contribution < 1.29 is 0 Å². The van der Waals surface area contributed by atoms with E-state index in [0.717, 1.165) is 11.8 Å². The Kier molecular flexibility index (Phi) is 1.49. The van der Waals surface area contributed by atoms with Gasteiger partial charge in [-0.1, -0.05) is 19.1 Å². The van der Waals surface area contributed by atoms with Crippen LogP contribution in [-0.2, 0) is 0 Å². The number of fused-ring (bicyclic) bond motifs is 1. The van der Waals surface area contributed by atoms with Gasteiger partial charge in [-0.05, 0) is 12.3 Å². The Bertz CT molecular complexity index is 205. The summed E-state index contributed by atoms with van der Waals surface area (Å²) in [6.45, 7) is 2.25. The molecule has 0 radical (unpaired) electrons. The summed E-state index contributed by atoms with van der Waals surface area (Å²) in [7, 11) is 0. The van der Waals surface area contributed by atoms with Crippen LogP contribution in [0.1, 0.15) is 13.3 Å². The maximum Gasteiger partial charge on any atom is 0.0658 e. The third-order valence-electron chi connectivity index (χ3n) is 1.88. The van der Waals surface area contributed by atoms with Crippen LogP contribution in [0.2, 0.25) is 0 Å². The maximum absolute atomic E-state index is 3.34. The minimum atomic E-state index is 0.727. The molecular formula is C8H11NS. The molecular weight excluding hydrogens is 142 g/mol. The smallest absolute Gasteiger partial charge is 0.0658 e. The molecule has 0 aromatic carbocycles. The van der Waals surface area contributed by atoms with Crippen LogP contribution in [0.4, 0.5) is 0 Å². The lowest BCUT2D eigenvalue weighted by molar-refractivity contribution is 0.718. The first-order valence-electron chi connectivity index (χ1n) is 3.65. The SMILES string of the molecule is CC1C=C2NCSC2=CC1. The minimum absolute atomic E-state index is 0.727. The lowest BCUT2D eigenvalue weighted by Gasteiger charge is -2.11. The van der Waals surface area contributed by atoms with Gasteiger partial charge in [-0.15, -0.1) is 11.8 Å². The predicted molar refractivity (Wildman–Crippen MR) is 45.5 cm³/mol. The third kappa shape index (κ3) is 0.966. The summed E-state index contributed by atoms with van der Waals surface area (Å²) in [5, 5.41) is 3.34. The first-order chi connectivity index (χ1) is 4.86. The molecule has 1 heterocycles. The van der Waals surface area contributed by atoms with Crippen LogP contribution < -0.4 is 5.32 Å². The first-order valence-corrected chi connectivity index (χ1v) is 4.64. The Morgan fingerprint density at radius 3 is 3.50 bits per heavy atom. The quantitative estimate of drug-likeness (QED) is 0.572. The second-order valence-electron chi connectivity index (χ2n) is 2.83. The van der Waals surface area contributed by atoms with Crippen molar-refractivity contribution in [2.75, 3.05) is 5.88 Å². The van der Waals surface area contributed by atoms with E-state index >= 15 is 0 Å². The molecule has 0 aromatic rings. The molecule has 10 heavy (non-hydrogen) atoms. The fourth-order valence-corrected chi connectivity index (χ4v) is 2.20. The Morgan fingerprint density at radius 2 is 2.60 bits per heavy atom. The summed E-state index contributed by atoms with van der Waals surface area (Å²) in [5.74, 6) is 1.79. The van der Waals surface area contributed by atoms with Crippen molar-refractivity contribution in [3.05, 3.63) is 22.8 Å². The van der Waals surface area contributed by atoms with Gasteiger partial charge >= 0.3 is 0 Å². The van der Waals surface area contributed by atoms with Gasteiger partial charge in [0, 0.05) is 10.6 Å². The van der Waals surface area contributed by atoms with Crippen molar-refractivity contribution in [1.82, 2.24) is 5.32 Å². The molecule has 1 unspecified atom stereocenters. The van der Waals surface area contributed by atoms with E-state index in [4.69, 9.17) is 0 Å². The molecule has 0 bridgehead atoms. The Morgan fingerprint density at radius 1 is 1.70 bits per heavy atom. The van der Waals surface area contributed by atoms with E-state index in [2.05, 4.69) is 24.4 Å². The zero-order chi connectivity index (χ0) is 6.97. The second-order valence-corrected chi connectivity index (χ2v) is 3.84. The van der Waals surface area contributed by atoms with Gasteiger partial charge < -0.3 is 5.32 Å². The van der Waals surface area contributed by atoms with Gasteiger partial charge in [0.25, 0.3) is 0 Å². The molecule has 0 saturated carbocycles. The zero-order valence-electron chi connectivity index (χ0n) is 6.05. The fourth-order valence-electron chi connectivity index (χ4n) is 1.31. The predicted octanol–water partition coefficient (Wildman–Crippen LogP) is 2.09. The molecule has 2 aliphatic rings. The molecule has 1 atom stereocenters. The number of rotatable bonds is 0. The van der Waals surface area contributed by atoms with Gasteiger partial charge in [0.1, 0.15) is 0 Å². The normalized spacial score (nSPS) is 30.3. The highest BCUT2D eigenvalue weighted by atomic mass is 32.2. The summed E-state index contributed by atoms with van der Waals surface area (Å²) in [4.78, 5) is 1.46. The molecule has 0 spiro atoms. The van der Waals surface area contributed by atoms with Crippen molar-refractivity contribution in [2.24, 2.45) is 5.92 Å².